The number of aryl methyl sites for hydroxylation is 2. The average Bonchev–Trinajstić information content (AvgIpc) is 2.51. The van der Waals surface area contributed by atoms with Gasteiger partial charge in [0.05, 0.1) is 5.69 Å². The van der Waals surface area contributed by atoms with Gasteiger partial charge in [-0.25, -0.2) is 4.68 Å². The molecule has 0 amide bonds. The maximum atomic E-state index is 12.3. The molecule has 2 aromatic rings. The van der Waals surface area contributed by atoms with E-state index in [4.69, 9.17) is 0 Å². The molecule has 1 aromatic carbocycles. The summed E-state index contributed by atoms with van der Waals surface area (Å²) in [5.74, 6) is 0. The standard InChI is InChI=1S/C17H23N3O/c1-4-10-20-17(21)15(12-18-3)11-16(19-20)14-8-6-13(5-2)7-9-14/h6-9,11,18H,4-5,10,12H2,1-3H3. The van der Waals surface area contributed by atoms with Gasteiger partial charge in [-0.1, -0.05) is 38.1 Å². The molecule has 0 saturated heterocycles. The molecule has 0 aliphatic carbocycles. The van der Waals surface area contributed by atoms with E-state index in [9.17, 15) is 4.79 Å². The molecule has 0 radical (unpaired) electrons. The van der Waals surface area contributed by atoms with Gasteiger partial charge in [-0.05, 0) is 31.5 Å². The molecule has 0 aliphatic heterocycles. The Labute approximate surface area is 125 Å². The molecule has 0 spiro atoms. The third-order valence-corrected chi connectivity index (χ3v) is 3.51. The fourth-order valence-electron chi connectivity index (χ4n) is 2.33. The Balaban J connectivity index is 2.48. The second-order valence-corrected chi connectivity index (χ2v) is 5.16. The third-order valence-electron chi connectivity index (χ3n) is 3.51. The van der Waals surface area contributed by atoms with E-state index >= 15 is 0 Å². The Morgan fingerprint density at radius 1 is 1.19 bits per heavy atom. The van der Waals surface area contributed by atoms with Crippen LogP contribution in [0.4, 0.5) is 0 Å². The van der Waals surface area contributed by atoms with Gasteiger partial charge in [0.15, 0.2) is 0 Å². The van der Waals surface area contributed by atoms with Gasteiger partial charge >= 0.3 is 0 Å². The zero-order valence-electron chi connectivity index (χ0n) is 13.0. The maximum Gasteiger partial charge on any atom is 0.271 e. The fourth-order valence-corrected chi connectivity index (χ4v) is 2.33. The summed E-state index contributed by atoms with van der Waals surface area (Å²) in [6.07, 6.45) is 1.91. The van der Waals surface area contributed by atoms with Gasteiger partial charge in [0.1, 0.15) is 0 Å². The smallest absolute Gasteiger partial charge is 0.271 e. The van der Waals surface area contributed by atoms with Crippen molar-refractivity contribution >= 4 is 0 Å². The summed E-state index contributed by atoms with van der Waals surface area (Å²) in [6.45, 7) is 5.40. The quantitative estimate of drug-likeness (QED) is 0.887. The van der Waals surface area contributed by atoms with Crippen LogP contribution in [0.1, 0.15) is 31.4 Å². The normalized spacial score (nSPS) is 10.8. The van der Waals surface area contributed by atoms with Crippen LogP contribution in [0, 0.1) is 0 Å². The molecule has 4 heteroatoms. The molecule has 0 aliphatic rings. The number of hydrogen-bond acceptors (Lipinski definition) is 3. The first-order valence-electron chi connectivity index (χ1n) is 7.54. The highest BCUT2D eigenvalue weighted by Crippen LogP contribution is 2.17. The Hall–Kier alpha value is -1.94. The van der Waals surface area contributed by atoms with Crippen LogP contribution in [0.3, 0.4) is 0 Å². The van der Waals surface area contributed by atoms with Gasteiger partial charge in [-0.15, -0.1) is 0 Å². The van der Waals surface area contributed by atoms with Crippen LogP contribution < -0.4 is 10.9 Å². The molecular formula is C17H23N3O. The van der Waals surface area contributed by atoms with Crippen LogP contribution in [-0.2, 0) is 19.5 Å². The lowest BCUT2D eigenvalue weighted by molar-refractivity contribution is 0.561. The Bertz CT molecular complexity index is 614. The van der Waals surface area contributed by atoms with Crippen molar-refractivity contribution in [2.24, 2.45) is 0 Å². The summed E-state index contributed by atoms with van der Waals surface area (Å²) < 4.78 is 1.58. The third kappa shape index (κ3) is 3.58. The van der Waals surface area contributed by atoms with Crippen molar-refractivity contribution in [2.75, 3.05) is 7.05 Å². The van der Waals surface area contributed by atoms with E-state index in [0.717, 1.165) is 29.7 Å². The lowest BCUT2D eigenvalue weighted by atomic mass is 10.1. The van der Waals surface area contributed by atoms with E-state index in [-0.39, 0.29) is 5.56 Å². The minimum Gasteiger partial charge on any atom is -0.315 e. The molecule has 0 bridgehead atoms. The highest BCUT2D eigenvalue weighted by Gasteiger charge is 2.09. The summed E-state index contributed by atoms with van der Waals surface area (Å²) in [5.41, 5.74) is 3.97. The Kier molecular flexibility index (Phi) is 5.28. The van der Waals surface area contributed by atoms with Crippen LogP contribution in [0.2, 0.25) is 0 Å². The van der Waals surface area contributed by atoms with Gasteiger partial charge < -0.3 is 5.32 Å². The van der Waals surface area contributed by atoms with E-state index < -0.39 is 0 Å². The molecule has 1 heterocycles. The zero-order chi connectivity index (χ0) is 15.2. The first-order valence-corrected chi connectivity index (χ1v) is 7.54. The van der Waals surface area contributed by atoms with Gasteiger partial charge in [0, 0.05) is 24.2 Å². The Morgan fingerprint density at radius 3 is 2.48 bits per heavy atom. The molecule has 0 atom stereocenters. The van der Waals surface area contributed by atoms with Gasteiger partial charge in [0.25, 0.3) is 5.56 Å². The van der Waals surface area contributed by atoms with Crippen LogP contribution in [0.15, 0.2) is 35.1 Å². The molecule has 112 valence electrons. The molecule has 0 fully saturated rings. The van der Waals surface area contributed by atoms with Gasteiger partial charge in [0.2, 0.25) is 0 Å². The van der Waals surface area contributed by atoms with Crippen LogP contribution in [0.5, 0.6) is 0 Å². The molecule has 0 unspecified atom stereocenters. The first-order chi connectivity index (χ1) is 10.2. The fraction of sp³-hybridized carbons (Fsp3) is 0.412. The van der Waals surface area contributed by atoms with Crippen molar-refractivity contribution in [3.8, 4) is 11.3 Å². The van der Waals surface area contributed by atoms with E-state index in [1.165, 1.54) is 5.56 Å². The molecule has 21 heavy (non-hydrogen) atoms. The topological polar surface area (TPSA) is 46.9 Å². The second kappa shape index (κ2) is 7.18. The van der Waals surface area contributed by atoms with E-state index in [0.29, 0.717) is 13.1 Å². The number of benzene rings is 1. The van der Waals surface area contributed by atoms with Crippen molar-refractivity contribution in [1.82, 2.24) is 15.1 Å². The highest BCUT2D eigenvalue weighted by molar-refractivity contribution is 5.59. The van der Waals surface area contributed by atoms with Crippen molar-refractivity contribution in [3.05, 3.63) is 51.8 Å². The van der Waals surface area contributed by atoms with Crippen molar-refractivity contribution in [1.29, 1.82) is 0 Å². The van der Waals surface area contributed by atoms with Gasteiger partial charge in [-0.2, -0.15) is 5.10 Å². The highest BCUT2D eigenvalue weighted by atomic mass is 16.1. The number of nitrogens with zero attached hydrogens (tertiary/aromatic N) is 2. The Morgan fingerprint density at radius 2 is 1.90 bits per heavy atom. The second-order valence-electron chi connectivity index (χ2n) is 5.16. The monoisotopic (exact) mass is 285 g/mol. The number of aromatic nitrogens is 2. The summed E-state index contributed by atoms with van der Waals surface area (Å²) in [5, 5.41) is 7.56. The predicted molar refractivity (Wildman–Crippen MR) is 86.4 cm³/mol. The van der Waals surface area contributed by atoms with Crippen LogP contribution >= 0.6 is 0 Å². The predicted octanol–water partition coefficient (Wildman–Crippen LogP) is 2.60. The van der Waals surface area contributed by atoms with Gasteiger partial charge in [-0.3, -0.25) is 4.79 Å². The van der Waals surface area contributed by atoms with Crippen LogP contribution in [0.25, 0.3) is 11.3 Å². The molecule has 1 aromatic heterocycles. The SMILES string of the molecule is CCCn1nc(-c2ccc(CC)cc2)cc(CNC)c1=O. The molecule has 0 saturated carbocycles. The van der Waals surface area contributed by atoms with Crippen LogP contribution in [-0.4, -0.2) is 16.8 Å². The number of nitrogens with one attached hydrogen (secondary N) is 1. The van der Waals surface area contributed by atoms with E-state index in [1.54, 1.807) is 4.68 Å². The van der Waals surface area contributed by atoms with E-state index in [1.807, 2.05) is 13.1 Å². The molecule has 1 N–H and O–H groups in total. The lowest BCUT2D eigenvalue weighted by Gasteiger charge is -2.10. The molecule has 2 rings (SSSR count). The molecular weight excluding hydrogens is 262 g/mol. The summed E-state index contributed by atoms with van der Waals surface area (Å²) >= 11 is 0. The maximum absolute atomic E-state index is 12.3. The van der Waals surface area contributed by atoms with Crippen molar-refractivity contribution < 1.29 is 0 Å². The van der Waals surface area contributed by atoms with Crippen molar-refractivity contribution in [2.45, 2.75) is 39.8 Å². The average molecular weight is 285 g/mol. The minimum atomic E-state index is 0.000119. The first kappa shape index (κ1) is 15.4. The van der Waals surface area contributed by atoms with Crippen molar-refractivity contribution in [3.63, 3.8) is 0 Å². The summed E-state index contributed by atoms with van der Waals surface area (Å²) in [4.78, 5) is 12.3. The molecule has 4 nitrogen and oxygen atoms in total. The minimum absolute atomic E-state index is 0.000119. The number of hydrogen-bond donors (Lipinski definition) is 1. The lowest BCUT2D eigenvalue weighted by Crippen LogP contribution is -2.28. The zero-order valence-corrected chi connectivity index (χ0v) is 13.0. The summed E-state index contributed by atoms with van der Waals surface area (Å²) in [6, 6.07) is 10.3. The largest absolute Gasteiger partial charge is 0.315 e. The summed E-state index contributed by atoms with van der Waals surface area (Å²) in [7, 11) is 1.85. The van der Waals surface area contributed by atoms with E-state index in [2.05, 4.69) is 48.5 Å². The number of rotatable bonds is 6.